The number of furan rings is 1. The van der Waals surface area contributed by atoms with Crippen molar-refractivity contribution in [2.24, 2.45) is 5.92 Å². The van der Waals surface area contributed by atoms with E-state index in [4.69, 9.17) is 9.15 Å². The van der Waals surface area contributed by atoms with Crippen LogP contribution in [0.5, 0.6) is 5.75 Å². The average molecular weight is 356 g/mol. The fourth-order valence-electron chi connectivity index (χ4n) is 1.84. The van der Waals surface area contributed by atoms with E-state index in [9.17, 15) is 4.39 Å². The number of nitrogens with one attached hydrogen (secondary N) is 1. The molecule has 0 atom stereocenters. The number of ether oxygens (including phenoxy) is 1. The predicted molar refractivity (Wildman–Crippen MR) is 83.7 cm³/mol. The third-order valence-corrected chi connectivity index (χ3v) is 3.35. The van der Waals surface area contributed by atoms with E-state index in [1.165, 1.54) is 6.07 Å². The Kier molecular flexibility index (Phi) is 5.82. The van der Waals surface area contributed by atoms with Crippen molar-refractivity contribution in [3.63, 3.8) is 0 Å². The first-order chi connectivity index (χ1) is 10.0. The molecule has 21 heavy (non-hydrogen) atoms. The first-order valence-electron chi connectivity index (χ1n) is 6.89. The fourth-order valence-corrected chi connectivity index (χ4v) is 2.18. The van der Waals surface area contributed by atoms with Crippen molar-refractivity contribution in [2.75, 3.05) is 6.54 Å². The van der Waals surface area contributed by atoms with Gasteiger partial charge >= 0.3 is 0 Å². The largest absolute Gasteiger partial charge is 0.483 e. The molecule has 1 aromatic heterocycles. The number of hydrogen-bond acceptors (Lipinski definition) is 3. The lowest BCUT2D eigenvalue weighted by Crippen LogP contribution is -2.18. The van der Waals surface area contributed by atoms with E-state index in [0.717, 1.165) is 23.1 Å². The summed E-state index contributed by atoms with van der Waals surface area (Å²) in [6.07, 6.45) is 1.70. The smallest absolute Gasteiger partial charge is 0.165 e. The Labute approximate surface area is 132 Å². The van der Waals surface area contributed by atoms with Crippen LogP contribution in [0.4, 0.5) is 4.39 Å². The van der Waals surface area contributed by atoms with Crippen molar-refractivity contribution < 1.29 is 13.5 Å². The van der Waals surface area contributed by atoms with Crippen LogP contribution in [0.15, 0.2) is 39.4 Å². The van der Waals surface area contributed by atoms with Crippen LogP contribution in [-0.2, 0) is 13.2 Å². The standard InChI is InChI=1S/C16H19BrFNO2/c1-11(2)7-19-8-12-5-14(20-9-12)10-21-16-6-13(17)3-4-15(16)18/h3-6,9,11,19H,7-8,10H2,1-2H3. The van der Waals surface area contributed by atoms with E-state index >= 15 is 0 Å². The van der Waals surface area contributed by atoms with E-state index in [0.29, 0.717) is 11.7 Å². The van der Waals surface area contributed by atoms with Gasteiger partial charge in [-0.2, -0.15) is 0 Å². The lowest BCUT2D eigenvalue weighted by molar-refractivity contribution is 0.258. The highest BCUT2D eigenvalue weighted by Gasteiger charge is 2.07. The Bertz CT molecular complexity index is 583. The van der Waals surface area contributed by atoms with Crippen LogP contribution in [0.2, 0.25) is 0 Å². The van der Waals surface area contributed by atoms with Gasteiger partial charge in [0.2, 0.25) is 0 Å². The minimum absolute atomic E-state index is 0.206. The van der Waals surface area contributed by atoms with Crippen LogP contribution in [0.3, 0.4) is 0 Å². The Morgan fingerprint density at radius 1 is 1.33 bits per heavy atom. The quantitative estimate of drug-likeness (QED) is 0.793. The molecule has 2 aromatic rings. The molecule has 0 saturated heterocycles. The molecule has 0 radical (unpaired) electrons. The van der Waals surface area contributed by atoms with Crippen molar-refractivity contribution in [1.29, 1.82) is 0 Å². The van der Waals surface area contributed by atoms with Gasteiger partial charge in [0.05, 0.1) is 6.26 Å². The summed E-state index contributed by atoms with van der Waals surface area (Å²) in [6, 6.07) is 6.52. The molecule has 0 aliphatic rings. The lowest BCUT2D eigenvalue weighted by atomic mass is 10.2. The van der Waals surface area contributed by atoms with Crippen LogP contribution < -0.4 is 10.1 Å². The molecule has 1 aromatic carbocycles. The molecule has 1 N–H and O–H groups in total. The summed E-state index contributed by atoms with van der Waals surface area (Å²) >= 11 is 3.29. The topological polar surface area (TPSA) is 34.4 Å². The SMILES string of the molecule is CC(C)CNCc1coc(COc2cc(Br)ccc2F)c1. The van der Waals surface area contributed by atoms with Crippen molar-refractivity contribution in [2.45, 2.75) is 27.0 Å². The summed E-state index contributed by atoms with van der Waals surface area (Å²) in [4.78, 5) is 0. The van der Waals surface area contributed by atoms with E-state index < -0.39 is 0 Å². The maximum Gasteiger partial charge on any atom is 0.165 e. The predicted octanol–water partition coefficient (Wildman–Crippen LogP) is 4.51. The van der Waals surface area contributed by atoms with Gasteiger partial charge in [0.15, 0.2) is 11.6 Å². The summed E-state index contributed by atoms with van der Waals surface area (Å²) in [5.74, 6) is 1.11. The molecule has 0 saturated carbocycles. The molecule has 114 valence electrons. The number of halogens is 2. The van der Waals surface area contributed by atoms with Gasteiger partial charge in [-0.3, -0.25) is 0 Å². The van der Waals surface area contributed by atoms with Crippen molar-refractivity contribution in [3.8, 4) is 5.75 Å². The van der Waals surface area contributed by atoms with Crippen molar-refractivity contribution in [3.05, 3.63) is 52.1 Å². The molecule has 2 rings (SSSR count). The maximum absolute atomic E-state index is 13.5. The summed E-state index contributed by atoms with van der Waals surface area (Å²) in [5, 5.41) is 3.34. The van der Waals surface area contributed by atoms with Gasteiger partial charge in [-0.05, 0) is 36.7 Å². The van der Waals surface area contributed by atoms with E-state index in [1.807, 2.05) is 6.07 Å². The van der Waals surface area contributed by atoms with Gasteiger partial charge in [0.1, 0.15) is 12.4 Å². The minimum atomic E-state index is -0.386. The Morgan fingerprint density at radius 2 is 2.14 bits per heavy atom. The molecular weight excluding hydrogens is 337 g/mol. The van der Waals surface area contributed by atoms with Gasteiger partial charge < -0.3 is 14.5 Å². The van der Waals surface area contributed by atoms with Crippen LogP contribution >= 0.6 is 15.9 Å². The molecule has 0 unspecified atom stereocenters. The summed E-state index contributed by atoms with van der Waals surface area (Å²) in [5.41, 5.74) is 1.06. The molecule has 0 aliphatic carbocycles. The highest BCUT2D eigenvalue weighted by atomic mass is 79.9. The van der Waals surface area contributed by atoms with Gasteiger partial charge in [-0.1, -0.05) is 29.8 Å². The molecular formula is C16H19BrFNO2. The molecule has 0 bridgehead atoms. The molecule has 0 spiro atoms. The van der Waals surface area contributed by atoms with E-state index in [-0.39, 0.29) is 18.2 Å². The highest BCUT2D eigenvalue weighted by Crippen LogP contribution is 2.23. The summed E-state index contributed by atoms with van der Waals surface area (Å²) < 4.78 is 25.2. The maximum atomic E-state index is 13.5. The lowest BCUT2D eigenvalue weighted by Gasteiger charge is -2.06. The zero-order valence-corrected chi connectivity index (χ0v) is 13.7. The van der Waals surface area contributed by atoms with E-state index in [1.54, 1.807) is 18.4 Å². The summed E-state index contributed by atoms with van der Waals surface area (Å²) in [7, 11) is 0. The minimum Gasteiger partial charge on any atom is -0.483 e. The zero-order valence-electron chi connectivity index (χ0n) is 12.2. The molecule has 1 heterocycles. The van der Waals surface area contributed by atoms with Crippen LogP contribution in [0.1, 0.15) is 25.2 Å². The second kappa shape index (κ2) is 7.61. The first kappa shape index (κ1) is 16.0. The second-order valence-corrected chi connectivity index (χ2v) is 6.23. The average Bonchev–Trinajstić information content (AvgIpc) is 2.87. The molecule has 3 nitrogen and oxygen atoms in total. The Hall–Kier alpha value is -1.33. The molecule has 0 fully saturated rings. The van der Waals surface area contributed by atoms with Crippen LogP contribution in [0, 0.1) is 11.7 Å². The third kappa shape index (κ3) is 5.17. The van der Waals surface area contributed by atoms with Gasteiger partial charge in [-0.25, -0.2) is 4.39 Å². The number of rotatable bonds is 7. The molecule has 0 aliphatic heterocycles. The van der Waals surface area contributed by atoms with Crippen LogP contribution in [-0.4, -0.2) is 6.54 Å². The molecule has 0 amide bonds. The number of benzene rings is 1. The van der Waals surface area contributed by atoms with E-state index in [2.05, 4.69) is 35.1 Å². The Balaban J connectivity index is 1.86. The van der Waals surface area contributed by atoms with Crippen molar-refractivity contribution in [1.82, 2.24) is 5.32 Å². The third-order valence-electron chi connectivity index (χ3n) is 2.85. The fraction of sp³-hybridized carbons (Fsp3) is 0.375. The van der Waals surface area contributed by atoms with Crippen LogP contribution in [0.25, 0.3) is 0 Å². The monoisotopic (exact) mass is 355 g/mol. The highest BCUT2D eigenvalue weighted by molar-refractivity contribution is 9.10. The van der Waals surface area contributed by atoms with Gasteiger partial charge in [-0.15, -0.1) is 0 Å². The number of hydrogen-bond donors (Lipinski definition) is 1. The van der Waals surface area contributed by atoms with Gasteiger partial charge in [0.25, 0.3) is 0 Å². The zero-order chi connectivity index (χ0) is 15.2. The van der Waals surface area contributed by atoms with Crippen molar-refractivity contribution >= 4 is 15.9 Å². The normalized spacial score (nSPS) is 11.1. The second-order valence-electron chi connectivity index (χ2n) is 5.31. The Morgan fingerprint density at radius 3 is 2.90 bits per heavy atom. The first-order valence-corrected chi connectivity index (χ1v) is 7.68. The summed E-state index contributed by atoms with van der Waals surface area (Å²) in [6.45, 7) is 6.24. The molecule has 5 heteroatoms. The van der Waals surface area contributed by atoms with Gasteiger partial charge in [0, 0.05) is 16.6 Å².